The van der Waals surface area contributed by atoms with Crippen molar-refractivity contribution in [2.24, 2.45) is 0 Å². The highest BCUT2D eigenvalue weighted by atomic mass is 32.1. The Balaban J connectivity index is 1.57. The molecule has 0 aliphatic heterocycles. The van der Waals surface area contributed by atoms with Crippen molar-refractivity contribution < 1.29 is 19.4 Å². The average molecular weight is 405 g/mol. The van der Waals surface area contributed by atoms with Crippen molar-refractivity contribution in [2.45, 2.75) is 12.6 Å². The van der Waals surface area contributed by atoms with Gasteiger partial charge >= 0.3 is 6.03 Å². The lowest BCUT2D eigenvalue weighted by Crippen LogP contribution is -2.28. The predicted octanol–water partition coefficient (Wildman–Crippen LogP) is 4.23. The number of amides is 2. The number of methoxy groups -OCH3 is 2. The van der Waals surface area contributed by atoms with Crippen molar-refractivity contribution in [3.05, 3.63) is 62.5 Å². The van der Waals surface area contributed by atoms with Gasteiger partial charge in [0, 0.05) is 20.7 Å². The van der Waals surface area contributed by atoms with E-state index in [1.54, 1.807) is 25.3 Å². The summed E-state index contributed by atoms with van der Waals surface area (Å²) in [6, 6.07) is 12.4. The minimum Gasteiger partial charge on any atom is -0.497 e. The second-order valence-electron chi connectivity index (χ2n) is 5.60. The molecule has 0 aliphatic carbocycles. The molecule has 0 fully saturated rings. The summed E-state index contributed by atoms with van der Waals surface area (Å²) in [6.45, 7) is 0.367. The number of benzene rings is 1. The van der Waals surface area contributed by atoms with Gasteiger partial charge in [0.25, 0.3) is 0 Å². The highest BCUT2D eigenvalue weighted by Gasteiger charge is 2.14. The van der Waals surface area contributed by atoms with Crippen molar-refractivity contribution in [1.82, 2.24) is 5.32 Å². The van der Waals surface area contributed by atoms with E-state index in [0.717, 1.165) is 14.6 Å². The zero-order valence-electron chi connectivity index (χ0n) is 14.9. The van der Waals surface area contributed by atoms with Gasteiger partial charge in [0.1, 0.15) is 17.6 Å². The van der Waals surface area contributed by atoms with Crippen LogP contribution in [0.5, 0.6) is 11.5 Å². The first kappa shape index (κ1) is 19.2. The first-order valence-corrected chi connectivity index (χ1v) is 9.87. The molecule has 0 bridgehead atoms. The van der Waals surface area contributed by atoms with Crippen LogP contribution in [0, 0.1) is 0 Å². The van der Waals surface area contributed by atoms with Crippen molar-refractivity contribution in [2.75, 3.05) is 19.5 Å². The van der Waals surface area contributed by atoms with Gasteiger partial charge in [-0.1, -0.05) is 6.07 Å². The number of ether oxygens (including phenoxy) is 2. The number of anilines is 1. The molecule has 2 aromatic heterocycles. The van der Waals surface area contributed by atoms with E-state index < -0.39 is 6.10 Å². The molecule has 2 heterocycles. The van der Waals surface area contributed by atoms with Crippen LogP contribution in [-0.2, 0) is 6.54 Å². The van der Waals surface area contributed by atoms with Gasteiger partial charge in [0.05, 0.1) is 26.5 Å². The average Bonchev–Trinajstić information content (AvgIpc) is 3.38. The topological polar surface area (TPSA) is 79.8 Å². The quantitative estimate of drug-likeness (QED) is 0.551. The minimum absolute atomic E-state index is 0.341. The third-order valence-electron chi connectivity index (χ3n) is 3.84. The lowest BCUT2D eigenvalue weighted by molar-refractivity contribution is 0.228. The maximum absolute atomic E-state index is 12.2. The second-order valence-corrected chi connectivity index (χ2v) is 7.78. The molecule has 0 aliphatic rings. The third kappa shape index (κ3) is 4.79. The number of thiophene rings is 2. The Hall–Kier alpha value is -2.55. The van der Waals surface area contributed by atoms with E-state index in [1.807, 2.05) is 29.6 Å². The van der Waals surface area contributed by atoms with Crippen LogP contribution in [0.1, 0.15) is 20.7 Å². The van der Waals surface area contributed by atoms with Gasteiger partial charge in [-0.25, -0.2) is 4.79 Å². The smallest absolute Gasteiger partial charge is 0.319 e. The number of urea groups is 1. The Morgan fingerprint density at radius 2 is 2.00 bits per heavy atom. The van der Waals surface area contributed by atoms with E-state index in [-0.39, 0.29) is 6.03 Å². The van der Waals surface area contributed by atoms with Crippen LogP contribution in [0.2, 0.25) is 0 Å². The molecule has 3 aromatic rings. The van der Waals surface area contributed by atoms with E-state index in [9.17, 15) is 9.90 Å². The summed E-state index contributed by atoms with van der Waals surface area (Å²) in [5.74, 6) is 1.16. The first-order chi connectivity index (χ1) is 13.1. The molecule has 0 radical (unpaired) electrons. The van der Waals surface area contributed by atoms with E-state index in [2.05, 4.69) is 10.6 Å². The van der Waals surface area contributed by atoms with Gasteiger partial charge < -0.3 is 25.2 Å². The number of aliphatic hydroxyl groups excluding tert-OH is 1. The van der Waals surface area contributed by atoms with Gasteiger partial charge in [-0.05, 0) is 35.7 Å². The number of nitrogens with one attached hydrogen (secondary N) is 2. The highest BCUT2D eigenvalue weighted by Crippen LogP contribution is 2.31. The van der Waals surface area contributed by atoms with Crippen LogP contribution >= 0.6 is 22.7 Å². The standard InChI is InChI=1S/C19H20N2O4S2/c1-24-12-5-7-14(15(10-12)25-2)21-19(23)20-11-13-6-8-17(27-13)18(22)16-4-3-9-26-16/h3-10,18,22H,11H2,1-2H3,(H2,20,21,23). The lowest BCUT2D eigenvalue weighted by Gasteiger charge is -2.12. The van der Waals surface area contributed by atoms with E-state index in [1.165, 1.54) is 29.8 Å². The molecule has 3 N–H and O–H groups in total. The van der Waals surface area contributed by atoms with Crippen LogP contribution in [0.15, 0.2) is 47.8 Å². The third-order valence-corrected chi connectivity index (χ3v) is 5.91. The Morgan fingerprint density at radius 3 is 2.70 bits per heavy atom. The summed E-state index contributed by atoms with van der Waals surface area (Å²) in [7, 11) is 3.10. The molecule has 6 nitrogen and oxygen atoms in total. The molecule has 27 heavy (non-hydrogen) atoms. The fraction of sp³-hybridized carbons (Fsp3) is 0.211. The van der Waals surface area contributed by atoms with Crippen LogP contribution in [0.25, 0.3) is 0 Å². The lowest BCUT2D eigenvalue weighted by atomic mass is 10.2. The summed E-state index contributed by atoms with van der Waals surface area (Å²) in [5.41, 5.74) is 0.552. The van der Waals surface area contributed by atoms with Crippen molar-refractivity contribution in [3.8, 4) is 11.5 Å². The van der Waals surface area contributed by atoms with Crippen LogP contribution < -0.4 is 20.1 Å². The van der Waals surface area contributed by atoms with Crippen LogP contribution in [0.4, 0.5) is 10.5 Å². The zero-order valence-corrected chi connectivity index (χ0v) is 16.5. The summed E-state index contributed by atoms with van der Waals surface area (Å²) < 4.78 is 10.4. The van der Waals surface area contributed by atoms with Crippen LogP contribution in [-0.4, -0.2) is 25.4 Å². The largest absolute Gasteiger partial charge is 0.497 e. The van der Waals surface area contributed by atoms with E-state index >= 15 is 0 Å². The summed E-state index contributed by atoms with van der Waals surface area (Å²) in [5, 5.41) is 17.9. The van der Waals surface area contributed by atoms with E-state index in [4.69, 9.17) is 9.47 Å². The number of aliphatic hydroxyl groups is 1. The first-order valence-electron chi connectivity index (χ1n) is 8.17. The number of hydrogen-bond acceptors (Lipinski definition) is 6. The molecule has 1 atom stereocenters. The normalized spacial score (nSPS) is 11.7. The van der Waals surface area contributed by atoms with Gasteiger partial charge in [-0.15, -0.1) is 22.7 Å². The van der Waals surface area contributed by atoms with Crippen molar-refractivity contribution in [1.29, 1.82) is 0 Å². The minimum atomic E-state index is -0.624. The molecule has 0 saturated heterocycles. The van der Waals surface area contributed by atoms with Crippen molar-refractivity contribution in [3.63, 3.8) is 0 Å². The molecular formula is C19H20N2O4S2. The van der Waals surface area contributed by atoms with Crippen molar-refractivity contribution >= 4 is 34.4 Å². The monoisotopic (exact) mass is 404 g/mol. The Kier molecular flexibility index (Phi) is 6.33. The maximum atomic E-state index is 12.2. The summed E-state index contributed by atoms with van der Waals surface area (Å²) in [4.78, 5) is 14.9. The molecule has 0 saturated carbocycles. The number of hydrogen-bond donors (Lipinski definition) is 3. The number of carbonyl (C=O) groups excluding carboxylic acids is 1. The molecular weight excluding hydrogens is 384 g/mol. The molecule has 2 amide bonds. The molecule has 3 rings (SSSR count). The molecule has 1 aromatic carbocycles. The molecule has 1 unspecified atom stereocenters. The molecule has 142 valence electrons. The Bertz CT molecular complexity index is 893. The van der Waals surface area contributed by atoms with Gasteiger partial charge in [-0.2, -0.15) is 0 Å². The predicted molar refractivity (Wildman–Crippen MR) is 108 cm³/mol. The van der Waals surface area contributed by atoms with Gasteiger partial charge in [0.2, 0.25) is 0 Å². The second kappa shape index (κ2) is 8.90. The number of rotatable bonds is 7. The Morgan fingerprint density at radius 1 is 1.15 bits per heavy atom. The van der Waals surface area contributed by atoms with E-state index in [0.29, 0.717) is 23.7 Å². The summed E-state index contributed by atoms with van der Waals surface area (Å²) >= 11 is 2.99. The van der Waals surface area contributed by atoms with Crippen LogP contribution in [0.3, 0.4) is 0 Å². The fourth-order valence-corrected chi connectivity index (χ4v) is 4.22. The SMILES string of the molecule is COc1ccc(NC(=O)NCc2ccc(C(O)c3cccs3)s2)c(OC)c1. The van der Waals surface area contributed by atoms with Gasteiger partial charge in [0.15, 0.2) is 0 Å². The molecule has 8 heteroatoms. The summed E-state index contributed by atoms with van der Waals surface area (Å²) in [6.07, 6.45) is -0.624. The van der Waals surface area contributed by atoms with Gasteiger partial charge in [-0.3, -0.25) is 0 Å². The fourth-order valence-electron chi connectivity index (χ4n) is 2.46. The highest BCUT2D eigenvalue weighted by molar-refractivity contribution is 7.12. The zero-order chi connectivity index (χ0) is 19.2. The Labute approximate surface area is 165 Å². The maximum Gasteiger partial charge on any atom is 0.319 e. The molecule has 0 spiro atoms. The number of carbonyl (C=O) groups is 1.